The molecule has 8 aromatic rings. The first-order valence-electron chi connectivity index (χ1n) is 22.4. The number of rotatable bonds is 4. The molecule has 0 aliphatic rings. The number of hydrogen-bond acceptors (Lipinski definition) is 15. The smallest absolute Gasteiger partial charge is 0.485 e. The van der Waals surface area contributed by atoms with Gasteiger partial charge in [0.1, 0.15) is 4.60 Å². The molecule has 0 unspecified atom stereocenters. The van der Waals surface area contributed by atoms with Gasteiger partial charge < -0.3 is 54.2 Å². The van der Waals surface area contributed by atoms with Crippen LogP contribution in [0.1, 0.15) is 33.4 Å². The molecule has 85 heavy (non-hydrogen) atoms. The number of aliphatic hydroxyl groups is 2. The molecule has 33 heteroatoms. The van der Waals surface area contributed by atoms with E-state index in [0.717, 1.165) is 22.8 Å². The molecule has 450 valence electrons. The Bertz CT molecular complexity index is 3320. The Morgan fingerprint density at radius 1 is 0.553 bits per heavy atom. The molecule has 0 fully saturated rings. The fraction of sp³-hybridized carbons (Fsp3) is 0.154. The predicted molar refractivity (Wildman–Crippen MR) is 286 cm³/mol. The molecular formula is C52H40BBrF9Ir2N12O7S-3. The van der Waals surface area contributed by atoms with Crippen molar-refractivity contribution in [1.82, 2.24) is 39.9 Å². The Hall–Kier alpha value is -7.88. The number of aromatic nitrogens is 8. The molecule has 0 bridgehead atoms. The van der Waals surface area contributed by atoms with Gasteiger partial charge in [0.05, 0.1) is 5.69 Å². The van der Waals surface area contributed by atoms with Gasteiger partial charge in [-0.15, -0.1) is 17.1 Å². The average molecular weight is 1620 g/mol. The fourth-order valence-electron chi connectivity index (χ4n) is 4.81. The van der Waals surface area contributed by atoms with Gasteiger partial charge in [-0.2, -0.15) is 30.7 Å². The molecule has 0 saturated heterocycles. The van der Waals surface area contributed by atoms with Crippen LogP contribution in [0.3, 0.4) is 0 Å². The summed E-state index contributed by atoms with van der Waals surface area (Å²) in [6, 6.07) is 33.2. The summed E-state index contributed by atoms with van der Waals surface area (Å²) >= 11 is 3.20. The van der Waals surface area contributed by atoms with Crippen LogP contribution in [0.4, 0.5) is 62.8 Å². The number of pyridine rings is 8. The fourth-order valence-corrected chi connectivity index (χ4v) is 5.08. The van der Waals surface area contributed by atoms with Crippen molar-refractivity contribution in [2.24, 2.45) is 0 Å². The number of nitrogens with zero attached hydrogens (tertiary/aromatic N) is 12. The number of hydrogen-bond donors (Lipinski definition) is 4. The first kappa shape index (κ1) is 79.2. The zero-order chi connectivity index (χ0) is 62.9. The molecule has 0 atom stereocenters. The van der Waals surface area contributed by atoms with Crippen LogP contribution in [-0.2, 0) is 56.5 Å². The van der Waals surface area contributed by atoms with Crippen LogP contribution in [0.5, 0.6) is 0 Å². The van der Waals surface area contributed by atoms with Gasteiger partial charge in [0.2, 0.25) is 17.6 Å². The molecule has 0 saturated carbocycles. The van der Waals surface area contributed by atoms with Crippen molar-refractivity contribution in [3.63, 3.8) is 0 Å². The molecule has 19 nitrogen and oxygen atoms in total. The van der Waals surface area contributed by atoms with E-state index in [-0.39, 0.29) is 75.3 Å². The molecule has 0 aliphatic carbocycles. The quantitative estimate of drug-likeness (QED) is 0.0319. The maximum Gasteiger partial charge on any atom is 0.485 e. The summed E-state index contributed by atoms with van der Waals surface area (Å²) in [5.41, 5.74) is -4.09. The normalized spacial score (nSPS) is 9.89. The van der Waals surface area contributed by atoms with Crippen LogP contribution in [0.2, 0.25) is 0 Å². The topological polar surface area (TPSA) is 259 Å². The summed E-state index contributed by atoms with van der Waals surface area (Å²) in [6.45, 7) is 34.1. The Morgan fingerprint density at radius 3 is 1.21 bits per heavy atom. The minimum absolute atomic E-state index is 0. The van der Waals surface area contributed by atoms with Crippen molar-refractivity contribution in [2.45, 2.75) is 51.6 Å². The van der Waals surface area contributed by atoms with E-state index in [9.17, 15) is 39.5 Å². The third-order valence-electron chi connectivity index (χ3n) is 7.98. The molecule has 2 radical (unpaired) electrons. The maximum absolute atomic E-state index is 12.8. The Kier molecular flexibility index (Phi) is 37.6. The van der Waals surface area contributed by atoms with Crippen molar-refractivity contribution < 1.29 is 113 Å². The Labute approximate surface area is 516 Å². The molecule has 0 aliphatic heterocycles. The van der Waals surface area contributed by atoms with Gasteiger partial charge in [0, 0.05) is 94.3 Å². The minimum atomic E-state index is -6.09. The van der Waals surface area contributed by atoms with E-state index in [1.165, 1.54) is 12.1 Å². The van der Waals surface area contributed by atoms with Crippen LogP contribution < -0.4 is 5.46 Å². The summed E-state index contributed by atoms with van der Waals surface area (Å²) in [5.74, 6) is -2.74. The van der Waals surface area contributed by atoms with E-state index in [4.69, 9.17) is 59.5 Å². The molecule has 0 amide bonds. The van der Waals surface area contributed by atoms with E-state index in [1.54, 1.807) is 107 Å². The van der Waals surface area contributed by atoms with E-state index in [1.807, 2.05) is 18.2 Å². The van der Waals surface area contributed by atoms with Crippen LogP contribution in [0, 0.1) is 56.3 Å². The SMILES string of the molecule is Brc1ccccn1.CC(C)O.CC(C)O.O=S(=O)([O-])C(F)(F)F.[C-]#[N+]c1nc(C(F)(F)F)ccc1B(O)O.[C-]#[N+]c1nc(F)c[c-]c1-c1ccccn1.[C-]#[N+]c1nc(F)c[c-]c1-c1ccccn1.[C-]#[N+]c1nc(F)ccc1-c1ccccn1.[Ir].[Ir]. The molecule has 0 spiro atoms. The van der Waals surface area contributed by atoms with Gasteiger partial charge in [-0.25, -0.2) is 22.2 Å². The van der Waals surface area contributed by atoms with Crippen molar-refractivity contribution in [3.05, 3.63) is 220 Å². The number of halogens is 10. The zero-order valence-electron chi connectivity index (χ0n) is 43.7. The van der Waals surface area contributed by atoms with Crippen molar-refractivity contribution >= 4 is 61.9 Å². The van der Waals surface area contributed by atoms with Crippen LogP contribution in [0.15, 0.2) is 139 Å². The zero-order valence-corrected chi connectivity index (χ0v) is 50.9. The van der Waals surface area contributed by atoms with Crippen molar-refractivity contribution in [3.8, 4) is 33.8 Å². The first-order chi connectivity index (χ1) is 38.9. The maximum atomic E-state index is 12.8. The first-order valence-corrected chi connectivity index (χ1v) is 24.6. The largest absolute Gasteiger partial charge is 0.741 e. The number of alkyl halides is 6. The molecule has 8 rings (SSSR count). The van der Waals surface area contributed by atoms with Gasteiger partial charge in [-0.1, -0.05) is 102 Å². The average Bonchev–Trinajstić information content (AvgIpc) is 3.65. The van der Waals surface area contributed by atoms with Crippen molar-refractivity contribution in [2.75, 3.05) is 0 Å². The van der Waals surface area contributed by atoms with Crippen molar-refractivity contribution in [1.29, 1.82) is 0 Å². The molecule has 8 heterocycles. The third-order valence-corrected chi connectivity index (χ3v) is 9.01. The van der Waals surface area contributed by atoms with E-state index in [0.29, 0.717) is 39.8 Å². The summed E-state index contributed by atoms with van der Waals surface area (Å²) in [4.78, 5) is 41.6. The number of aliphatic hydroxyl groups excluding tert-OH is 2. The summed E-state index contributed by atoms with van der Waals surface area (Å²) in [7, 11) is -8.10. The summed E-state index contributed by atoms with van der Waals surface area (Å²) in [6.07, 6.45) is 1.56. The molecule has 0 aromatic carbocycles. The van der Waals surface area contributed by atoms with E-state index < -0.39 is 58.3 Å². The van der Waals surface area contributed by atoms with Gasteiger partial charge in [-0.05, 0) is 109 Å². The minimum Gasteiger partial charge on any atom is -0.741 e. The third kappa shape index (κ3) is 31.6. The van der Waals surface area contributed by atoms with Crippen LogP contribution in [-0.4, -0.2) is 97.9 Å². The van der Waals surface area contributed by atoms with Gasteiger partial charge in [-0.3, -0.25) is 4.98 Å². The van der Waals surface area contributed by atoms with Crippen LogP contribution in [0.25, 0.3) is 53.2 Å². The summed E-state index contributed by atoms with van der Waals surface area (Å²) in [5, 5.41) is 33.6. The van der Waals surface area contributed by atoms with Gasteiger partial charge in [0.15, 0.2) is 10.1 Å². The summed E-state index contributed by atoms with van der Waals surface area (Å²) < 4.78 is 134. The van der Waals surface area contributed by atoms with E-state index >= 15 is 0 Å². The van der Waals surface area contributed by atoms with E-state index in [2.05, 4.69) is 87.3 Å². The Balaban J connectivity index is 0. The standard InChI is InChI=1S/C11H6FN3.2C11H5FN3.C7H4BF3N2O2.C5H4BrN.2C3H8O.CHF3O3S.2Ir/c3*1-13-11-8(5-6-10(12)15-11)9-4-2-3-7-14-9;1-12-6-4(8(14)15)2-3-5(13-6)7(9,10)11;6-5-3-1-2-4-7-5;2*1-3(2)4;2-1(3,4)8(5,6)7;;/h2-7H;2*2-4,6-7H;2-3,14-15H;1-4H;2*3-4H,1-2H3;(H,5,6,7);;/q;2*-1;;;;;;;/p-1. The molecular weight excluding hydrogens is 1580 g/mol. The second-order valence-corrected chi connectivity index (χ2v) is 17.3. The molecule has 4 N–H and O–H groups in total. The second-order valence-electron chi connectivity index (χ2n) is 15.2. The second kappa shape index (κ2) is 40.4. The predicted octanol–water partition coefficient (Wildman–Crippen LogP) is 11.1. The molecule has 8 aromatic heterocycles. The van der Waals surface area contributed by atoms with Gasteiger partial charge in [0.25, 0.3) is 11.6 Å². The van der Waals surface area contributed by atoms with Crippen LogP contribution >= 0.6 is 15.9 Å². The monoisotopic (exact) mass is 1620 g/mol. The van der Waals surface area contributed by atoms with Gasteiger partial charge >= 0.3 is 36.4 Å². The Morgan fingerprint density at radius 2 is 0.918 bits per heavy atom.